The van der Waals surface area contributed by atoms with E-state index in [1.54, 1.807) is 17.5 Å². The van der Waals surface area contributed by atoms with E-state index >= 15 is 0 Å². The molecule has 18 heavy (non-hydrogen) atoms. The van der Waals surface area contributed by atoms with E-state index in [1.807, 2.05) is 38.7 Å². The van der Waals surface area contributed by atoms with Crippen LogP contribution in [0.3, 0.4) is 0 Å². The van der Waals surface area contributed by atoms with Crippen LogP contribution in [0.1, 0.15) is 23.2 Å². The van der Waals surface area contributed by atoms with Gasteiger partial charge in [-0.3, -0.25) is 9.48 Å². The lowest BCUT2D eigenvalue weighted by Crippen LogP contribution is -2.38. The fourth-order valence-electron chi connectivity index (χ4n) is 2.47. The molecule has 0 aliphatic carbocycles. The van der Waals surface area contributed by atoms with Crippen LogP contribution in [0.4, 0.5) is 0 Å². The van der Waals surface area contributed by atoms with E-state index < -0.39 is 0 Å². The first-order chi connectivity index (χ1) is 8.84. The molecule has 1 aliphatic heterocycles. The van der Waals surface area contributed by atoms with Gasteiger partial charge in [0.05, 0.1) is 18.2 Å². The molecule has 0 saturated carbocycles. The van der Waals surface area contributed by atoms with E-state index in [1.165, 1.54) is 0 Å². The predicted octanol–water partition coefficient (Wildman–Crippen LogP) is 2.25. The van der Waals surface area contributed by atoms with Crippen LogP contribution in [0.2, 0.25) is 0 Å². The molecule has 0 unspecified atom stereocenters. The Labute approximate surface area is 110 Å². The zero-order valence-electron chi connectivity index (χ0n) is 10.0. The fraction of sp³-hybridized carbons (Fsp3) is 0.385. The highest BCUT2D eigenvalue weighted by atomic mass is 32.1. The zero-order chi connectivity index (χ0) is 12.4. The molecular formula is C13H15N3OS. The number of hydrogen-bond acceptors (Lipinski definition) is 3. The maximum atomic E-state index is 12.3. The van der Waals surface area contributed by atoms with Crippen LogP contribution in [-0.4, -0.2) is 33.2 Å². The topological polar surface area (TPSA) is 38.1 Å². The van der Waals surface area contributed by atoms with Crippen LogP contribution in [0.25, 0.3) is 0 Å². The molecule has 1 fully saturated rings. The summed E-state index contributed by atoms with van der Waals surface area (Å²) >= 11 is 1.57. The summed E-state index contributed by atoms with van der Waals surface area (Å²) in [6, 6.07) is 4.09. The van der Waals surface area contributed by atoms with E-state index in [9.17, 15) is 4.79 Å². The number of rotatable bonds is 3. The molecule has 1 aliphatic rings. The summed E-state index contributed by atoms with van der Waals surface area (Å²) in [5, 5.41) is 8.09. The van der Waals surface area contributed by atoms with E-state index in [2.05, 4.69) is 5.10 Å². The second-order valence-electron chi connectivity index (χ2n) is 4.53. The van der Waals surface area contributed by atoms with Gasteiger partial charge in [-0.15, -0.1) is 0 Å². The van der Waals surface area contributed by atoms with Crippen molar-refractivity contribution in [2.75, 3.05) is 6.54 Å². The normalized spacial score (nSPS) is 19.3. The standard InChI is InChI=1S/C13H15N3OS/c17-13(11-4-8-18-10-11)16-7-1-3-12(16)9-15-6-2-5-14-15/h2,4-6,8,10,12H,1,3,7,9H2/t12-/m1/s1. The monoisotopic (exact) mass is 261 g/mol. The van der Waals surface area contributed by atoms with Gasteiger partial charge < -0.3 is 4.90 Å². The minimum absolute atomic E-state index is 0.158. The third kappa shape index (κ3) is 2.18. The first-order valence-electron chi connectivity index (χ1n) is 6.15. The Morgan fingerprint density at radius 3 is 3.22 bits per heavy atom. The summed E-state index contributed by atoms with van der Waals surface area (Å²) in [5.74, 6) is 0.158. The average molecular weight is 261 g/mol. The fourth-order valence-corrected chi connectivity index (χ4v) is 3.10. The summed E-state index contributed by atoms with van der Waals surface area (Å²) in [7, 11) is 0. The molecule has 0 spiro atoms. The molecular weight excluding hydrogens is 246 g/mol. The van der Waals surface area contributed by atoms with Crippen molar-refractivity contribution in [3.8, 4) is 0 Å². The Hall–Kier alpha value is -1.62. The predicted molar refractivity (Wildman–Crippen MR) is 70.6 cm³/mol. The largest absolute Gasteiger partial charge is 0.334 e. The van der Waals surface area contributed by atoms with Crippen molar-refractivity contribution in [2.45, 2.75) is 25.4 Å². The van der Waals surface area contributed by atoms with Gasteiger partial charge >= 0.3 is 0 Å². The van der Waals surface area contributed by atoms with Gasteiger partial charge in [0.25, 0.3) is 5.91 Å². The van der Waals surface area contributed by atoms with Gasteiger partial charge in [-0.05, 0) is 30.4 Å². The highest BCUT2D eigenvalue weighted by molar-refractivity contribution is 7.08. The first kappa shape index (κ1) is 11.5. The van der Waals surface area contributed by atoms with Gasteiger partial charge in [0.15, 0.2) is 0 Å². The van der Waals surface area contributed by atoms with Crippen LogP contribution >= 0.6 is 11.3 Å². The molecule has 1 atom stereocenters. The summed E-state index contributed by atoms with van der Waals surface area (Å²) in [5.41, 5.74) is 0.812. The van der Waals surface area contributed by atoms with E-state index in [0.717, 1.165) is 31.5 Å². The van der Waals surface area contributed by atoms with Gasteiger partial charge in [0.2, 0.25) is 0 Å². The van der Waals surface area contributed by atoms with Crippen molar-refractivity contribution < 1.29 is 4.79 Å². The third-order valence-electron chi connectivity index (χ3n) is 3.36. The number of hydrogen-bond donors (Lipinski definition) is 0. The molecule has 1 amide bonds. The van der Waals surface area contributed by atoms with Crippen LogP contribution < -0.4 is 0 Å². The second kappa shape index (κ2) is 4.94. The maximum absolute atomic E-state index is 12.3. The van der Waals surface area contributed by atoms with E-state index in [0.29, 0.717) is 0 Å². The van der Waals surface area contributed by atoms with E-state index in [-0.39, 0.29) is 11.9 Å². The molecule has 0 bridgehead atoms. The number of likely N-dealkylation sites (tertiary alicyclic amines) is 1. The lowest BCUT2D eigenvalue weighted by atomic mass is 10.2. The SMILES string of the molecule is O=C(c1ccsc1)N1CCC[C@@H]1Cn1cccn1. The summed E-state index contributed by atoms with van der Waals surface area (Å²) in [6.45, 7) is 1.66. The lowest BCUT2D eigenvalue weighted by Gasteiger charge is -2.24. The molecule has 3 rings (SSSR count). The van der Waals surface area contributed by atoms with Crippen molar-refractivity contribution in [1.29, 1.82) is 0 Å². The van der Waals surface area contributed by atoms with Crippen molar-refractivity contribution in [1.82, 2.24) is 14.7 Å². The molecule has 0 N–H and O–H groups in total. The number of carbonyl (C=O) groups excluding carboxylic acids is 1. The molecule has 0 radical (unpaired) electrons. The first-order valence-corrected chi connectivity index (χ1v) is 7.09. The Morgan fingerprint density at radius 2 is 2.50 bits per heavy atom. The van der Waals surface area contributed by atoms with Crippen LogP contribution in [0.15, 0.2) is 35.3 Å². The molecule has 5 heteroatoms. The number of nitrogens with zero attached hydrogens (tertiary/aromatic N) is 3. The molecule has 2 aromatic rings. The van der Waals surface area contributed by atoms with E-state index in [4.69, 9.17) is 0 Å². The second-order valence-corrected chi connectivity index (χ2v) is 5.31. The minimum atomic E-state index is 0.158. The maximum Gasteiger partial charge on any atom is 0.255 e. The molecule has 2 aromatic heterocycles. The molecule has 0 aromatic carbocycles. The highest BCUT2D eigenvalue weighted by Crippen LogP contribution is 2.22. The summed E-state index contributed by atoms with van der Waals surface area (Å²) in [4.78, 5) is 14.3. The number of amides is 1. The van der Waals surface area contributed by atoms with Crippen LogP contribution in [0, 0.1) is 0 Å². The van der Waals surface area contributed by atoms with Crippen molar-refractivity contribution in [3.05, 3.63) is 40.8 Å². The summed E-state index contributed by atoms with van der Waals surface area (Å²) < 4.78 is 1.91. The van der Waals surface area contributed by atoms with Gasteiger partial charge in [-0.25, -0.2) is 0 Å². The Balaban J connectivity index is 1.73. The molecule has 3 heterocycles. The van der Waals surface area contributed by atoms with Crippen LogP contribution in [0.5, 0.6) is 0 Å². The molecule has 94 valence electrons. The van der Waals surface area contributed by atoms with Crippen molar-refractivity contribution in [2.24, 2.45) is 0 Å². The van der Waals surface area contributed by atoms with Gasteiger partial charge in [0.1, 0.15) is 0 Å². The van der Waals surface area contributed by atoms with Gasteiger partial charge in [-0.2, -0.15) is 16.4 Å². The Morgan fingerprint density at radius 1 is 1.56 bits per heavy atom. The quantitative estimate of drug-likeness (QED) is 0.850. The number of carbonyl (C=O) groups is 1. The van der Waals surface area contributed by atoms with Crippen molar-refractivity contribution >= 4 is 17.2 Å². The smallest absolute Gasteiger partial charge is 0.255 e. The van der Waals surface area contributed by atoms with Crippen molar-refractivity contribution in [3.63, 3.8) is 0 Å². The van der Waals surface area contributed by atoms with Crippen LogP contribution in [-0.2, 0) is 6.54 Å². The number of thiophene rings is 1. The zero-order valence-corrected chi connectivity index (χ0v) is 10.8. The third-order valence-corrected chi connectivity index (χ3v) is 4.05. The highest BCUT2D eigenvalue weighted by Gasteiger charge is 2.29. The number of aromatic nitrogens is 2. The Kier molecular flexibility index (Phi) is 3.15. The average Bonchev–Trinajstić information content (AvgIpc) is 3.12. The molecule has 1 saturated heterocycles. The lowest BCUT2D eigenvalue weighted by molar-refractivity contribution is 0.0722. The minimum Gasteiger partial charge on any atom is -0.334 e. The van der Waals surface area contributed by atoms with Gasteiger partial charge in [-0.1, -0.05) is 0 Å². The summed E-state index contributed by atoms with van der Waals surface area (Å²) in [6.07, 6.45) is 5.88. The van der Waals surface area contributed by atoms with Gasteiger partial charge in [0, 0.05) is 24.3 Å². The molecule has 4 nitrogen and oxygen atoms in total. The Bertz CT molecular complexity index is 506.